The quantitative estimate of drug-likeness (QED) is 0.749. The number of rotatable bonds is 6. The maximum absolute atomic E-state index is 12.8. The molecule has 5 nitrogen and oxygen atoms in total. The van der Waals surface area contributed by atoms with E-state index in [0.29, 0.717) is 24.6 Å². The summed E-state index contributed by atoms with van der Waals surface area (Å²) in [6.45, 7) is 0.993. The number of ether oxygens (including phenoxy) is 2. The lowest BCUT2D eigenvalue weighted by Gasteiger charge is -2.18. The van der Waals surface area contributed by atoms with Gasteiger partial charge in [-0.1, -0.05) is 29.8 Å². The molecular formula is C19H22ClNO4S. The standard InChI is InChI=1S/C19H22ClNO4S/c1-24-17-8-7-14(12-18(17)25-2)11-15-9-10-21(13-15)26(22,23)19-6-4-3-5-16(19)20/h3-8,12,15H,9-11,13H2,1-2H3. The molecule has 1 heterocycles. The molecule has 26 heavy (non-hydrogen) atoms. The lowest BCUT2D eigenvalue weighted by Crippen LogP contribution is -2.29. The predicted octanol–water partition coefficient (Wildman–Crippen LogP) is 3.61. The van der Waals surface area contributed by atoms with E-state index < -0.39 is 10.0 Å². The lowest BCUT2D eigenvalue weighted by atomic mass is 9.98. The number of hydrogen-bond acceptors (Lipinski definition) is 4. The van der Waals surface area contributed by atoms with Crippen LogP contribution in [0.15, 0.2) is 47.4 Å². The van der Waals surface area contributed by atoms with Gasteiger partial charge in [-0.15, -0.1) is 0 Å². The zero-order chi connectivity index (χ0) is 18.7. The summed E-state index contributed by atoms with van der Waals surface area (Å²) < 4.78 is 37.8. The number of hydrogen-bond donors (Lipinski definition) is 0. The molecule has 0 bridgehead atoms. The molecule has 1 atom stereocenters. The van der Waals surface area contributed by atoms with Crippen LogP contribution in [-0.2, 0) is 16.4 Å². The van der Waals surface area contributed by atoms with Crippen LogP contribution in [0, 0.1) is 5.92 Å². The van der Waals surface area contributed by atoms with Crippen molar-refractivity contribution in [3.8, 4) is 11.5 Å². The first kappa shape index (κ1) is 19.0. The van der Waals surface area contributed by atoms with Crippen LogP contribution < -0.4 is 9.47 Å². The SMILES string of the molecule is COc1ccc(CC2CCN(S(=O)(=O)c3ccccc3Cl)C2)cc1OC. The Hall–Kier alpha value is -1.76. The number of nitrogens with zero attached hydrogens (tertiary/aromatic N) is 1. The first-order valence-corrected chi connectivity index (χ1v) is 10.2. The molecule has 7 heteroatoms. The fourth-order valence-corrected chi connectivity index (χ4v) is 5.34. The minimum absolute atomic E-state index is 0.174. The van der Waals surface area contributed by atoms with E-state index in [1.807, 2.05) is 18.2 Å². The average molecular weight is 396 g/mol. The molecule has 0 saturated carbocycles. The van der Waals surface area contributed by atoms with Crippen LogP contribution in [0.3, 0.4) is 0 Å². The van der Waals surface area contributed by atoms with Gasteiger partial charge in [-0.3, -0.25) is 0 Å². The molecule has 140 valence electrons. The van der Waals surface area contributed by atoms with E-state index in [1.165, 1.54) is 4.31 Å². The monoisotopic (exact) mass is 395 g/mol. The van der Waals surface area contributed by atoms with Gasteiger partial charge in [0.1, 0.15) is 4.90 Å². The van der Waals surface area contributed by atoms with E-state index in [0.717, 1.165) is 18.4 Å². The molecule has 1 aliphatic heterocycles. The summed E-state index contributed by atoms with van der Waals surface area (Å²) >= 11 is 6.08. The van der Waals surface area contributed by atoms with Crippen LogP contribution in [0.1, 0.15) is 12.0 Å². The Labute approximate surface area is 159 Å². The highest BCUT2D eigenvalue weighted by atomic mass is 35.5. The van der Waals surface area contributed by atoms with Crippen LogP contribution in [0.4, 0.5) is 0 Å². The van der Waals surface area contributed by atoms with Crippen molar-refractivity contribution < 1.29 is 17.9 Å². The number of halogens is 1. The van der Waals surface area contributed by atoms with Gasteiger partial charge in [0.15, 0.2) is 11.5 Å². The van der Waals surface area contributed by atoms with Gasteiger partial charge in [-0.25, -0.2) is 8.42 Å². The van der Waals surface area contributed by atoms with E-state index in [4.69, 9.17) is 21.1 Å². The van der Waals surface area contributed by atoms with E-state index in [9.17, 15) is 8.42 Å². The van der Waals surface area contributed by atoms with Crippen molar-refractivity contribution >= 4 is 21.6 Å². The molecule has 0 aromatic heterocycles. The molecule has 0 aliphatic carbocycles. The lowest BCUT2D eigenvalue weighted by molar-refractivity contribution is 0.354. The minimum atomic E-state index is -3.56. The third kappa shape index (κ3) is 3.82. The summed E-state index contributed by atoms with van der Waals surface area (Å²) in [5.41, 5.74) is 1.10. The molecule has 0 radical (unpaired) electrons. The zero-order valence-corrected chi connectivity index (χ0v) is 16.4. The van der Waals surface area contributed by atoms with Crippen LogP contribution in [0.25, 0.3) is 0 Å². The van der Waals surface area contributed by atoms with E-state index in [2.05, 4.69) is 0 Å². The Bertz CT molecular complexity index is 885. The minimum Gasteiger partial charge on any atom is -0.493 e. The van der Waals surface area contributed by atoms with Crippen molar-refractivity contribution in [3.05, 3.63) is 53.1 Å². The summed E-state index contributed by atoms with van der Waals surface area (Å²) in [6.07, 6.45) is 1.60. The normalized spacial score (nSPS) is 18.0. The molecule has 1 fully saturated rings. The topological polar surface area (TPSA) is 55.8 Å². The van der Waals surface area contributed by atoms with Crippen molar-refractivity contribution in [1.82, 2.24) is 4.31 Å². The van der Waals surface area contributed by atoms with Crippen molar-refractivity contribution in [3.63, 3.8) is 0 Å². The fourth-order valence-electron chi connectivity index (χ4n) is 3.32. The molecular weight excluding hydrogens is 374 g/mol. The molecule has 3 rings (SSSR count). The Kier molecular flexibility index (Phi) is 5.75. The van der Waals surface area contributed by atoms with Crippen molar-refractivity contribution in [2.75, 3.05) is 27.3 Å². The second-order valence-electron chi connectivity index (χ2n) is 6.34. The molecule has 2 aromatic carbocycles. The largest absolute Gasteiger partial charge is 0.493 e. The Morgan fingerprint density at radius 3 is 2.54 bits per heavy atom. The molecule has 1 unspecified atom stereocenters. The van der Waals surface area contributed by atoms with Gasteiger partial charge in [0.25, 0.3) is 0 Å². The van der Waals surface area contributed by atoms with Crippen LogP contribution in [0.2, 0.25) is 5.02 Å². The fraction of sp³-hybridized carbons (Fsp3) is 0.368. The van der Waals surface area contributed by atoms with E-state index >= 15 is 0 Å². The Morgan fingerprint density at radius 1 is 1.12 bits per heavy atom. The second-order valence-corrected chi connectivity index (χ2v) is 8.66. The highest BCUT2D eigenvalue weighted by Gasteiger charge is 2.33. The zero-order valence-electron chi connectivity index (χ0n) is 14.8. The van der Waals surface area contributed by atoms with Gasteiger partial charge in [0.2, 0.25) is 10.0 Å². The van der Waals surface area contributed by atoms with Crippen LogP contribution in [-0.4, -0.2) is 40.0 Å². The third-order valence-corrected chi connectivity index (χ3v) is 7.04. The third-order valence-electron chi connectivity index (χ3n) is 4.68. The highest BCUT2D eigenvalue weighted by Crippen LogP contribution is 2.32. The van der Waals surface area contributed by atoms with Gasteiger partial charge in [-0.05, 0) is 48.6 Å². The highest BCUT2D eigenvalue weighted by molar-refractivity contribution is 7.89. The van der Waals surface area contributed by atoms with Gasteiger partial charge < -0.3 is 9.47 Å². The second kappa shape index (κ2) is 7.86. The van der Waals surface area contributed by atoms with E-state index in [1.54, 1.807) is 38.5 Å². The maximum atomic E-state index is 12.8. The molecule has 1 aliphatic rings. The average Bonchev–Trinajstić information content (AvgIpc) is 3.11. The van der Waals surface area contributed by atoms with Gasteiger partial charge in [0.05, 0.1) is 19.2 Å². The van der Waals surface area contributed by atoms with Crippen molar-refractivity contribution in [1.29, 1.82) is 0 Å². The Balaban J connectivity index is 1.72. The number of benzene rings is 2. The summed E-state index contributed by atoms with van der Waals surface area (Å²) in [5, 5.41) is 0.260. The van der Waals surface area contributed by atoms with Gasteiger partial charge in [-0.2, -0.15) is 4.31 Å². The van der Waals surface area contributed by atoms with Gasteiger partial charge >= 0.3 is 0 Å². The molecule has 0 amide bonds. The van der Waals surface area contributed by atoms with Crippen molar-refractivity contribution in [2.45, 2.75) is 17.7 Å². The van der Waals surface area contributed by atoms with Gasteiger partial charge in [0, 0.05) is 13.1 Å². The van der Waals surface area contributed by atoms with E-state index in [-0.39, 0.29) is 15.8 Å². The summed E-state index contributed by atoms with van der Waals surface area (Å²) in [4.78, 5) is 0.174. The van der Waals surface area contributed by atoms with Crippen molar-refractivity contribution in [2.24, 2.45) is 5.92 Å². The van der Waals surface area contributed by atoms with Crippen LogP contribution >= 0.6 is 11.6 Å². The summed E-state index contributed by atoms with van der Waals surface area (Å²) in [5.74, 6) is 1.62. The smallest absolute Gasteiger partial charge is 0.244 e. The molecule has 0 N–H and O–H groups in total. The number of sulfonamides is 1. The molecule has 0 spiro atoms. The Morgan fingerprint density at radius 2 is 1.85 bits per heavy atom. The first-order valence-electron chi connectivity index (χ1n) is 8.41. The van der Waals surface area contributed by atoms with Crippen LogP contribution in [0.5, 0.6) is 11.5 Å². The predicted molar refractivity (Wildman–Crippen MR) is 102 cm³/mol. The maximum Gasteiger partial charge on any atom is 0.244 e. The first-order chi connectivity index (χ1) is 12.5. The summed E-state index contributed by atoms with van der Waals surface area (Å²) in [7, 11) is -0.352. The molecule has 2 aromatic rings. The summed E-state index contributed by atoms with van der Waals surface area (Å²) in [6, 6.07) is 12.4. The number of methoxy groups -OCH3 is 2. The molecule has 1 saturated heterocycles.